The number of ether oxygens (including phenoxy) is 1. The molecule has 1 rings (SSSR count). The molecule has 1 unspecified atom stereocenters. The first-order valence-electron chi connectivity index (χ1n) is 4.09. The molecule has 1 aromatic carbocycles. The first-order chi connectivity index (χ1) is 6.69. The molecule has 0 heterocycles. The van der Waals surface area contributed by atoms with Crippen molar-refractivity contribution in [3.05, 3.63) is 28.8 Å². The van der Waals surface area contributed by atoms with Crippen LogP contribution in [0.25, 0.3) is 0 Å². The predicted molar refractivity (Wildman–Crippen MR) is 54.5 cm³/mol. The van der Waals surface area contributed by atoms with Crippen LogP contribution in [0.15, 0.2) is 23.2 Å². The number of isocyanates is 1. The molecule has 74 valence electrons. The van der Waals surface area contributed by atoms with E-state index in [0.29, 0.717) is 10.8 Å². The Balaban J connectivity index is 3.05. The van der Waals surface area contributed by atoms with E-state index in [1.165, 1.54) is 6.08 Å². The molecule has 0 amide bonds. The second kappa shape index (κ2) is 4.80. The van der Waals surface area contributed by atoms with Crippen molar-refractivity contribution in [2.24, 2.45) is 4.99 Å². The zero-order valence-electron chi connectivity index (χ0n) is 7.95. The van der Waals surface area contributed by atoms with Crippen molar-refractivity contribution in [2.45, 2.75) is 13.0 Å². The summed E-state index contributed by atoms with van der Waals surface area (Å²) in [6, 6.07) is 5.05. The van der Waals surface area contributed by atoms with E-state index in [-0.39, 0.29) is 6.04 Å². The predicted octanol–water partition coefficient (Wildman–Crippen LogP) is 2.75. The van der Waals surface area contributed by atoms with Crippen molar-refractivity contribution in [1.29, 1.82) is 0 Å². The highest BCUT2D eigenvalue weighted by Crippen LogP contribution is 2.28. The third-order valence-electron chi connectivity index (χ3n) is 1.90. The number of rotatable bonds is 3. The van der Waals surface area contributed by atoms with Crippen LogP contribution >= 0.6 is 11.6 Å². The van der Waals surface area contributed by atoms with Crippen molar-refractivity contribution in [3.8, 4) is 5.75 Å². The molecule has 0 saturated carbocycles. The topological polar surface area (TPSA) is 38.7 Å². The van der Waals surface area contributed by atoms with Gasteiger partial charge in [-0.1, -0.05) is 17.7 Å². The SMILES string of the molecule is COc1cc(C(C)N=C=O)ccc1Cl. The maximum Gasteiger partial charge on any atom is 0.235 e. The van der Waals surface area contributed by atoms with E-state index in [9.17, 15) is 4.79 Å². The van der Waals surface area contributed by atoms with Crippen LogP contribution in [0.3, 0.4) is 0 Å². The zero-order valence-corrected chi connectivity index (χ0v) is 8.71. The quantitative estimate of drug-likeness (QED) is 0.570. The Labute approximate surface area is 87.4 Å². The van der Waals surface area contributed by atoms with Crippen LogP contribution in [0.4, 0.5) is 0 Å². The molecule has 3 nitrogen and oxygen atoms in total. The van der Waals surface area contributed by atoms with Gasteiger partial charge in [-0.3, -0.25) is 0 Å². The number of nitrogens with zero attached hydrogens (tertiary/aromatic N) is 1. The van der Waals surface area contributed by atoms with Gasteiger partial charge in [0.2, 0.25) is 6.08 Å². The molecule has 0 aliphatic rings. The van der Waals surface area contributed by atoms with Crippen molar-refractivity contribution < 1.29 is 9.53 Å². The minimum Gasteiger partial charge on any atom is -0.495 e. The van der Waals surface area contributed by atoms with Crippen LogP contribution in [0.5, 0.6) is 5.75 Å². The van der Waals surface area contributed by atoms with E-state index >= 15 is 0 Å². The largest absolute Gasteiger partial charge is 0.495 e. The van der Waals surface area contributed by atoms with Crippen LogP contribution in [-0.2, 0) is 4.79 Å². The molecule has 0 fully saturated rings. The molecule has 0 radical (unpaired) electrons. The Kier molecular flexibility index (Phi) is 3.69. The number of hydrogen-bond acceptors (Lipinski definition) is 3. The number of benzene rings is 1. The Morgan fingerprint density at radius 1 is 1.57 bits per heavy atom. The van der Waals surface area contributed by atoms with E-state index in [4.69, 9.17) is 16.3 Å². The second-order valence-electron chi connectivity index (χ2n) is 2.79. The molecule has 0 aliphatic heterocycles. The third-order valence-corrected chi connectivity index (χ3v) is 2.22. The van der Waals surface area contributed by atoms with Crippen molar-refractivity contribution in [1.82, 2.24) is 0 Å². The Morgan fingerprint density at radius 3 is 2.86 bits per heavy atom. The van der Waals surface area contributed by atoms with Gasteiger partial charge in [-0.05, 0) is 24.6 Å². The first-order valence-corrected chi connectivity index (χ1v) is 4.47. The van der Waals surface area contributed by atoms with Gasteiger partial charge in [0.25, 0.3) is 0 Å². The monoisotopic (exact) mass is 211 g/mol. The smallest absolute Gasteiger partial charge is 0.235 e. The van der Waals surface area contributed by atoms with Gasteiger partial charge in [-0.15, -0.1) is 0 Å². The number of halogens is 1. The highest BCUT2D eigenvalue weighted by molar-refractivity contribution is 6.32. The third kappa shape index (κ3) is 2.34. The van der Waals surface area contributed by atoms with Crippen LogP contribution < -0.4 is 4.74 Å². The fourth-order valence-electron chi connectivity index (χ4n) is 1.09. The molecule has 0 saturated heterocycles. The molecule has 1 atom stereocenters. The normalized spacial score (nSPS) is 11.6. The van der Waals surface area contributed by atoms with Gasteiger partial charge < -0.3 is 4.74 Å². The first kappa shape index (κ1) is 10.8. The maximum absolute atomic E-state index is 10.1. The van der Waals surface area contributed by atoms with E-state index < -0.39 is 0 Å². The van der Waals surface area contributed by atoms with Gasteiger partial charge >= 0.3 is 0 Å². The summed E-state index contributed by atoms with van der Waals surface area (Å²) in [5.41, 5.74) is 0.870. The van der Waals surface area contributed by atoms with Crippen LogP contribution in [0.2, 0.25) is 5.02 Å². The molecule has 0 aromatic heterocycles. The van der Waals surface area contributed by atoms with Crippen LogP contribution in [0.1, 0.15) is 18.5 Å². The molecule has 0 N–H and O–H groups in total. The van der Waals surface area contributed by atoms with E-state index in [2.05, 4.69) is 4.99 Å². The molecule has 0 spiro atoms. The van der Waals surface area contributed by atoms with Gasteiger partial charge in [0.1, 0.15) is 5.75 Å². The summed E-state index contributed by atoms with van der Waals surface area (Å²) >= 11 is 5.85. The van der Waals surface area contributed by atoms with Gasteiger partial charge in [0.05, 0.1) is 18.2 Å². The lowest BCUT2D eigenvalue weighted by Crippen LogP contribution is -1.91. The van der Waals surface area contributed by atoms with Crippen LogP contribution in [-0.4, -0.2) is 13.2 Å². The standard InChI is InChI=1S/C10H10ClNO2/c1-7(12-6-13)8-3-4-9(11)10(5-8)14-2/h3-5,7H,1-2H3. The fraction of sp³-hybridized carbons (Fsp3) is 0.300. The average Bonchev–Trinajstić information content (AvgIpc) is 2.19. The Morgan fingerprint density at radius 2 is 2.29 bits per heavy atom. The summed E-state index contributed by atoms with van der Waals surface area (Å²) in [6.45, 7) is 1.80. The van der Waals surface area contributed by atoms with Gasteiger partial charge in [-0.25, -0.2) is 4.79 Å². The Bertz CT molecular complexity index is 372. The molecule has 14 heavy (non-hydrogen) atoms. The lowest BCUT2D eigenvalue weighted by atomic mass is 10.1. The summed E-state index contributed by atoms with van der Waals surface area (Å²) in [5, 5.41) is 0.540. The molecule has 4 heteroatoms. The molecular formula is C10H10ClNO2. The summed E-state index contributed by atoms with van der Waals surface area (Å²) in [7, 11) is 1.54. The second-order valence-corrected chi connectivity index (χ2v) is 3.20. The van der Waals surface area contributed by atoms with Gasteiger partial charge in [0.15, 0.2) is 0 Å². The molecular weight excluding hydrogens is 202 g/mol. The van der Waals surface area contributed by atoms with E-state index in [0.717, 1.165) is 5.56 Å². The van der Waals surface area contributed by atoms with E-state index in [1.54, 1.807) is 32.2 Å². The Hall–Kier alpha value is -1.31. The average molecular weight is 212 g/mol. The van der Waals surface area contributed by atoms with E-state index in [1.807, 2.05) is 0 Å². The number of hydrogen-bond donors (Lipinski definition) is 0. The van der Waals surface area contributed by atoms with Gasteiger partial charge in [-0.2, -0.15) is 4.99 Å². The molecule has 0 aliphatic carbocycles. The summed E-state index contributed by atoms with van der Waals surface area (Å²) in [6.07, 6.45) is 1.52. The highest BCUT2D eigenvalue weighted by Gasteiger charge is 2.07. The molecule has 1 aromatic rings. The fourth-order valence-corrected chi connectivity index (χ4v) is 1.28. The van der Waals surface area contributed by atoms with Crippen molar-refractivity contribution in [3.63, 3.8) is 0 Å². The highest BCUT2D eigenvalue weighted by atomic mass is 35.5. The minimum atomic E-state index is -0.223. The lowest BCUT2D eigenvalue weighted by molar-refractivity contribution is 0.414. The zero-order chi connectivity index (χ0) is 10.6. The van der Waals surface area contributed by atoms with Gasteiger partial charge in [0, 0.05) is 0 Å². The van der Waals surface area contributed by atoms with Crippen molar-refractivity contribution in [2.75, 3.05) is 7.11 Å². The minimum absolute atomic E-state index is 0.223. The number of carbonyl (C=O) groups excluding carboxylic acids is 1. The van der Waals surface area contributed by atoms with Crippen molar-refractivity contribution >= 4 is 17.7 Å². The summed E-state index contributed by atoms with van der Waals surface area (Å²) in [4.78, 5) is 13.7. The van der Waals surface area contributed by atoms with Crippen LogP contribution in [0, 0.1) is 0 Å². The number of methoxy groups -OCH3 is 1. The number of aliphatic imine (C=N–C) groups is 1. The maximum atomic E-state index is 10.1. The molecule has 0 bridgehead atoms. The summed E-state index contributed by atoms with van der Waals surface area (Å²) in [5.74, 6) is 0.581. The lowest BCUT2D eigenvalue weighted by Gasteiger charge is -2.08. The summed E-state index contributed by atoms with van der Waals surface area (Å²) < 4.78 is 5.04.